The van der Waals surface area contributed by atoms with Gasteiger partial charge in [-0.3, -0.25) is 0 Å². The first-order valence-electron chi connectivity index (χ1n) is 6.59. The third-order valence-corrected chi connectivity index (χ3v) is 3.48. The standard InChI is InChI=1S/C14H24F2N2O/c1-13(7-4-3-6-12(13)17)8-5-9-18-10-14(15,16)11-19-2/h3-4,6-7,12,18H,5,8-11,17H2,1-2H3. The van der Waals surface area contributed by atoms with Crippen LogP contribution in [0.4, 0.5) is 8.78 Å². The Kier molecular flexibility index (Phi) is 6.10. The maximum absolute atomic E-state index is 13.1. The predicted molar refractivity (Wildman–Crippen MR) is 73.3 cm³/mol. The molecule has 0 saturated carbocycles. The van der Waals surface area contributed by atoms with E-state index in [2.05, 4.69) is 23.1 Å². The van der Waals surface area contributed by atoms with Gasteiger partial charge >= 0.3 is 0 Å². The van der Waals surface area contributed by atoms with E-state index in [1.54, 1.807) is 0 Å². The highest BCUT2D eigenvalue weighted by Gasteiger charge is 2.29. The Balaban J connectivity index is 2.21. The largest absolute Gasteiger partial charge is 0.378 e. The number of hydrogen-bond donors (Lipinski definition) is 2. The number of ether oxygens (including phenoxy) is 1. The molecule has 2 atom stereocenters. The third-order valence-electron chi connectivity index (χ3n) is 3.48. The van der Waals surface area contributed by atoms with E-state index in [1.807, 2.05) is 18.2 Å². The first kappa shape index (κ1) is 16.3. The minimum absolute atomic E-state index is 0.00701. The van der Waals surface area contributed by atoms with Crippen molar-refractivity contribution in [3.63, 3.8) is 0 Å². The number of methoxy groups -OCH3 is 1. The molecule has 110 valence electrons. The lowest BCUT2D eigenvalue weighted by Crippen LogP contribution is -2.39. The van der Waals surface area contributed by atoms with Crippen molar-refractivity contribution >= 4 is 0 Å². The van der Waals surface area contributed by atoms with Crippen molar-refractivity contribution in [1.82, 2.24) is 5.32 Å². The molecule has 1 aliphatic rings. The molecular weight excluding hydrogens is 250 g/mol. The maximum Gasteiger partial charge on any atom is 0.283 e. The Labute approximate surface area is 113 Å². The molecule has 0 heterocycles. The zero-order chi connectivity index (χ0) is 14.4. The van der Waals surface area contributed by atoms with E-state index in [1.165, 1.54) is 7.11 Å². The molecule has 1 rings (SSSR count). The maximum atomic E-state index is 13.1. The van der Waals surface area contributed by atoms with Crippen LogP contribution in [0.3, 0.4) is 0 Å². The number of alkyl halides is 2. The topological polar surface area (TPSA) is 47.3 Å². The van der Waals surface area contributed by atoms with Gasteiger partial charge in [-0.2, -0.15) is 0 Å². The monoisotopic (exact) mass is 274 g/mol. The number of hydrogen-bond acceptors (Lipinski definition) is 3. The van der Waals surface area contributed by atoms with Crippen LogP contribution in [0.15, 0.2) is 24.3 Å². The molecule has 1 aliphatic carbocycles. The predicted octanol–water partition coefficient (Wildman–Crippen LogP) is 2.10. The van der Waals surface area contributed by atoms with Gasteiger partial charge in [0.15, 0.2) is 0 Å². The lowest BCUT2D eigenvalue weighted by Gasteiger charge is -2.32. The summed E-state index contributed by atoms with van der Waals surface area (Å²) in [5.74, 6) is -2.80. The van der Waals surface area contributed by atoms with Crippen molar-refractivity contribution in [3.8, 4) is 0 Å². The van der Waals surface area contributed by atoms with E-state index in [0.717, 1.165) is 12.8 Å². The quantitative estimate of drug-likeness (QED) is 0.666. The van der Waals surface area contributed by atoms with Gasteiger partial charge in [0.05, 0.1) is 6.54 Å². The van der Waals surface area contributed by atoms with Crippen LogP contribution in [-0.2, 0) is 4.74 Å². The lowest BCUT2D eigenvalue weighted by molar-refractivity contribution is -0.0616. The molecule has 0 aromatic carbocycles. The van der Waals surface area contributed by atoms with Gasteiger partial charge in [-0.05, 0) is 19.4 Å². The van der Waals surface area contributed by atoms with Gasteiger partial charge in [-0.1, -0.05) is 31.2 Å². The Hall–Kier alpha value is -0.780. The summed E-state index contributed by atoms with van der Waals surface area (Å²) in [7, 11) is 1.28. The normalized spacial score (nSPS) is 26.9. The number of halogens is 2. The average Bonchev–Trinajstić information content (AvgIpc) is 2.32. The molecule has 5 heteroatoms. The van der Waals surface area contributed by atoms with Gasteiger partial charge in [0.1, 0.15) is 6.61 Å². The second-order valence-electron chi connectivity index (χ2n) is 5.34. The fraction of sp³-hybridized carbons (Fsp3) is 0.714. The molecule has 2 unspecified atom stereocenters. The van der Waals surface area contributed by atoms with Crippen LogP contribution in [0.5, 0.6) is 0 Å². The fourth-order valence-corrected chi connectivity index (χ4v) is 2.17. The summed E-state index contributed by atoms with van der Waals surface area (Å²) >= 11 is 0. The van der Waals surface area contributed by atoms with Crippen LogP contribution in [0, 0.1) is 5.41 Å². The van der Waals surface area contributed by atoms with Crippen LogP contribution < -0.4 is 11.1 Å². The van der Waals surface area contributed by atoms with Crippen molar-refractivity contribution in [1.29, 1.82) is 0 Å². The summed E-state index contributed by atoms with van der Waals surface area (Å²) in [6, 6.07) is -0.00701. The molecule has 0 saturated heterocycles. The summed E-state index contributed by atoms with van der Waals surface area (Å²) in [6.07, 6.45) is 9.68. The number of nitrogens with two attached hydrogens (primary N) is 1. The molecule has 3 N–H and O–H groups in total. The molecule has 0 aliphatic heterocycles. The van der Waals surface area contributed by atoms with E-state index < -0.39 is 12.5 Å². The SMILES string of the molecule is COCC(F)(F)CNCCCC1(C)C=CC=CC1N. The second kappa shape index (κ2) is 7.12. The molecule has 0 bridgehead atoms. The van der Waals surface area contributed by atoms with Gasteiger partial charge in [-0.15, -0.1) is 0 Å². The zero-order valence-electron chi connectivity index (χ0n) is 11.7. The van der Waals surface area contributed by atoms with E-state index in [-0.39, 0.29) is 18.0 Å². The highest BCUT2D eigenvalue weighted by atomic mass is 19.3. The summed E-state index contributed by atoms with van der Waals surface area (Å²) in [5, 5.41) is 2.77. The first-order valence-corrected chi connectivity index (χ1v) is 6.59. The van der Waals surface area contributed by atoms with Gasteiger partial charge in [-0.25, -0.2) is 8.78 Å². The van der Waals surface area contributed by atoms with Crippen molar-refractivity contribution < 1.29 is 13.5 Å². The molecule has 3 nitrogen and oxygen atoms in total. The lowest BCUT2D eigenvalue weighted by atomic mass is 9.76. The average molecular weight is 274 g/mol. The smallest absolute Gasteiger partial charge is 0.283 e. The molecule has 19 heavy (non-hydrogen) atoms. The van der Waals surface area contributed by atoms with Gasteiger partial charge < -0.3 is 15.8 Å². The fourth-order valence-electron chi connectivity index (χ4n) is 2.17. The minimum Gasteiger partial charge on any atom is -0.378 e. The molecule has 0 aromatic heterocycles. The Bertz CT molecular complexity index is 331. The Morgan fingerprint density at radius 1 is 1.42 bits per heavy atom. The van der Waals surface area contributed by atoms with E-state index in [4.69, 9.17) is 5.73 Å². The zero-order valence-corrected chi connectivity index (χ0v) is 11.7. The molecular formula is C14H24F2N2O. The van der Waals surface area contributed by atoms with Gasteiger partial charge in [0.25, 0.3) is 5.92 Å². The first-order chi connectivity index (χ1) is 8.90. The van der Waals surface area contributed by atoms with Crippen LogP contribution in [0.25, 0.3) is 0 Å². The summed E-state index contributed by atoms with van der Waals surface area (Å²) < 4.78 is 30.7. The minimum atomic E-state index is -2.80. The summed E-state index contributed by atoms with van der Waals surface area (Å²) in [4.78, 5) is 0. The van der Waals surface area contributed by atoms with Crippen molar-refractivity contribution in [2.45, 2.75) is 31.7 Å². The van der Waals surface area contributed by atoms with Crippen LogP contribution in [0.2, 0.25) is 0 Å². The molecule has 0 amide bonds. The van der Waals surface area contributed by atoms with E-state index in [9.17, 15) is 8.78 Å². The van der Waals surface area contributed by atoms with Crippen LogP contribution in [-0.4, -0.2) is 38.8 Å². The molecule has 0 radical (unpaired) electrons. The van der Waals surface area contributed by atoms with Crippen LogP contribution >= 0.6 is 0 Å². The highest BCUT2D eigenvalue weighted by molar-refractivity contribution is 5.21. The van der Waals surface area contributed by atoms with Crippen molar-refractivity contribution in [2.75, 3.05) is 26.8 Å². The highest BCUT2D eigenvalue weighted by Crippen LogP contribution is 2.31. The van der Waals surface area contributed by atoms with Gasteiger partial charge in [0.2, 0.25) is 0 Å². The second-order valence-corrected chi connectivity index (χ2v) is 5.34. The Morgan fingerprint density at radius 3 is 2.79 bits per heavy atom. The summed E-state index contributed by atoms with van der Waals surface area (Å²) in [5.41, 5.74) is 5.96. The Morgan fingerprint density at radius 2 is 2.16 bits per heavy atom. The summed E-state index contributed by atoms with van der Waals surface area (Å²) in [6.45, 7) is 1.76. The van der Waals surface area contributed by atoms with Crippen molar-refractivity contribution in [3.05, 3.63) is 24.3 Å². The third kappa shape index (κ3) is 5.38. The molecule has 0 spiro atoms. The van der Waals surface area contributed by atoms with Crippen LogP contribution in [0.1, 0.15) is 19.8 Å². The number of rotatable bonds is 8. The van der Waals surface area contributed by atoms with Crippen molar-refractivity contribution in [2.24, 2.45) is 11.1 Å². The van der Waals surface area contributed by atoms with Gasteiger partial charge in [0, 0.05) is 18.6 Å². The molecule has 0 fully saturated rings. The molecule has 0 aromatic rings. The van der Waals surface area contributed by atoms with E-state index in [0.29, 0.717) is 6.54 Å². The number of nitrogens with one attached hydrogen (secondary N) is 1. The van der Waals surface area contributed by atoms with E-state index >= 15 is 0 Å². The number of allylic oxidation sites excluding steroid dienone is 2.